The smallest absolute Gasteiger partial charge is 0.325 e. The third kappa shape index (κ3) is 9.66. The second-order valence-corrected chi connectivity index (χ2v) is 23.1. The van der Waals surface area contributed by atoms with E-state index in [4.69, 9.17) is 77.6 Å². The molecule has 0 saturated carbocycles. The highest BCUT2D eigenvalue weighted by Crippen LogP contribution is 2.53. The number of aliphatic hydroxyl groups excluding tert-OH is 4. The number of hydrogen-bond acceptors (Lipinski definition) is 27. The first-order valence-corrected chi connectivity index (χ1v) is 27.0. The Bertz CT molecular complexity index is 2950. The minimum atomic E-state index is -4.51. The van der Waals surface area contributed by atoms with Crippen molar-refractivity contribution in [3.8, 4) is 0 Å². The van der Waals surface area contributed by atoms with Crippen molar-refractivity contribution in [1.29, 1.82) is 0 Å². The quantitative estimate of drug-likeness (QED) is 0.0427. The highest BCUT2D eigenvalue weighted by atomic mass is 32.5. The summed E-state index contributed by atoms with van der Waals surface area (Å²) < 4.78 is 49.8. The van der Waals surface area contributed by atoms with E-state index in [0.29, 0.717) is 0 Å². The normalized spacial score (nSPS) is 31.0. The minimum Gasteiger partial charge on any atom is -0.387 e. The number of nitrogens with zero attached hydrogens (tertiary/aromatic N) is 12. The number of nitrogen functional groups attached to an aromatic ring is 3. The van der Waals surface area contributed by atoms with Gasteiger partial charge in [0.1, 0.15) is 90.5 Å². The van der Waals surface area contributed by atoms with E-state index in [-0.39, 0.29) is 50.9 Å². The Kier molecular flexibility index (Phi) is 13.4. The largest absolute Gasteiger partial charge is 0.387 e. The lowest BCUT2D eigenvalue weighted by Gasteiger charge is -2.27. The fraction of sp³-hybridized carbons (Fsp3) is 0.500. The Labute approximate surface area is 389 Å². The minimum absolute atomic E-state index is 0.00736. The monoisotopic (exact) mass is 1050 g/mol. The van der Waals surface area contributed by atoms with Crippen molar-refractivity contribution in [2.24, 2.45) is 0 Å². The summed E-state index contributed by atoms with van der Waals surface area (Å²) in [5.74, 6) is 0.0688. The Balaban J connectivity index is 0.918. The average Bonchev–Trinajstić information content (AvgIpc) is 4.13. The standard InChI is InChI=1S/C30H38N15O16P3S3/c31-22-13-25(37-4-34-22)43(7-40-13)28-19(49)16(46)10(57-28)2-55-63(52,66)61-21-18(48)12(59-30(21)45-9-42-15-24(33)36-6-39-27(15)45)3-56-64(53,67)60-20-17(47)11(1-54-62(50,51)65)58-29(20)44-8-41-14-23(32)35-5-38-26(14)44/h4-12,16-21,28-30,46-49H,1-3H2,(H,52,66)(H,53,67)(H2,31,34,37)(H2,32,35,38)(H2,33,36,39)(H2,50,51,65)/t10-,11-,12-,16?,17?,18?,19?,20?,21?,28-,29-,30-,63?,64?/m1/s1. The molecule has 0 radical (unpaired) electrons. The van der Waals surface area contributed by atoms with E-state index < -0.39 is 114 Å². The molecule has 3 fully saturated rings. The highest BCUT2D eigenvalue weighted by molar-refractivity contribution is 8.07. The Morgan fingerprint density at radius 3 is 1.22 bits per heavy atom. The molecule has 3 aliphatic rings. The molecule has 3 saturated heterocycles. The topological polar surface area (TPSA) is 445 Å². The van der Waals surface area contributed by atoms with Gasteiger partial charge >= 0.3 is 20.2 Å². The zero-order valence-electron chi connectivity index (χ0n) is 33.5. The molecule has 6 aromatic rings. The second kappa shape index (κ2) is 18.6. The van der Waals surface area contributed by atoms with Crippen LogP contribution in [0, 0.1) is 0 Å². The maximum absolute atomic E-state index is 11.7. The fourth-order valence-corrected chi connectivity index (χ4v) is 10.9. The molecule has 6 aromatic heterocycles. The van der Waals surface area contributed by atoms with Gasteiger partial charge in [-0.25, -0.2) is 44.9 Å². The number of fused-ring (bicyclic) bond motifs is 3. The van der Waals surface area contributed by atoms with Crippen LogP contribution in [0.25, 0.3) is 33.5 Å². The first kappa shape index (κ1) is 48.4. The summed E-state index contributed by atoms with van der Waals surface area (Å²) in [6.07, 6.45) is -10.7. The van der Waals surface area contributed by atoms with Crippen LogP contribution in [-0.2, 0) is 72.2 Å². The van der Waals surface area contributed by atoms with Gasteiger partial charge in [0.2, 0.25) is 0 Å². The number of aromatic nitrogens is 12. The van der Waals surface area contributed by atoms with E-state index in [9.17, 15) is 40.0 Å². The van der Waals surface area contributed by atoms with Crippen molar-refractivity contribution in [3.05, 3.63) is 38.0 Å². The van der Waals surface area contributed by atoms with E-state index in [2.05, 4.69) is 56.7 Å². The maximum Gasteiger partial charge on any atom is 0.325 e. The van der Waals surface area contributed by atoms with Gasteiger partial charge in [-0.3, -0.25) is 22.7 Å². The molecule has 3 aliphatic heterocycles. The lowest BCUT2D eigenvalue weighted by atomic mass is 10.1. The van der Waals surface area contributed by atoms with Crippen LogP contribution in [0.1, 0.15) is 18.7 Å². The van der Waals surface area contributed by atoms with E-state index >= 15 is 0 Å². The van der Waals surface area contributed by atoms with Gasteiger partial charge in [0, 0.05) is 0 Å². The van der Waals surface area contributed by atoms with Gasteiger partial charge in [0.15, 0.2) is 53.1 Å². The van der Waals surface area contributed by atoms with E-state index in [1.54, 1.807) is 0 Å². The number of nitrogens with two attached hydrogens (primary N) is 3. The Morgan fingerprint density at radius 2 is 0.836 bits per heavy atom. The first-order chi connectivity index (χ1) is 31.7. The summed E-state index contributed by atoms with van der Waals surface area (Å²) in [5, 5.41) is 44.9. The molecule has 8 unspecified atom stereocenters. The van der Waals surface area contributed by atoms with Crippen molar-refractivity contribution in [3.63, 3.8) is 0 Å². The van der Waals surface area contributed by atoms with Gasteiger partial charge in [-0.15, -0.1) is 0 Å². The third-order valence-electron chi connectivity index (χ3n) is 10.7. The molecule has 9 heterocycles. The molecule has 0 bridgehead atoms. The molecule has 9 rings (SSSR count). The summed E-state index contributed by atoms with van der Waals surface area (Å²) in [5.41, 5.74) is 18.8. The van der Waals surface area contributed by atoms with E-state index in [1.807, 2.05) is 0 Å². The van der Waals surface area contributed by atoms with Crippen LogP contribution in [0.3, 0.4) is 0 Å². The molecular formula is C30H38N15O16P3S3. The SMILES string of the molecule is Nc1ncnc2c1ncn2[C@@H]1O[C@H](COP(O)(=S)OC2C(O)[C@@H](COP(O)(=S)OC3C(O)[C@@H](COP(O)(O)=S)O[C@H]3n3cnc4c(N)ncnc43)O[C@H]2n2cnc3c(N)ncnc32)C(O)C1O. The van der Waals surface area contributed by atoms with Crippen LogP contribution in [0.15, 0.2) is 38.0 Å². The average molecular weight is 1050 g/mol. The highest BCUT2D eigenvalue weighted by Gasteiger charge is 2.52. The van der Waals surface area contributed by atoms with Crippen molar-refractivity contribution < 1.29 is 76.8 Å². The van der Waals surface area contributed by atoms with Crippen LogP contribution >= 0.6 is 20.2 Å². The van der Waals surface area contributed by atoms with Gasteiger partial charge in [-0.05, 0) is 35.4 Å². The lowest BCUT2D eigenvalue weighted by Crippen LogP contribution is -2.37. The Morgan fingerprint density at radius 1 is 0.493 bits per heavy atom. The predicted octanol–water partition coefficient (Wildman–Crippen LogP) is -3.15. The summed E-state index contributed by atoms with van der Waals surface area (Å²) in [4.78, 5) is 79.0. The first-order valence-electron chi connectivity index (χ1n) is 19.2. The Hall–Kier alpha value is -3.64. The number of ether oxygens (including phenoxy) is 3. The number of aliphatic hydroxyl groups is 4. The van der Waals surface area contributed by atoms with Gasteiger partial charge in [0.05, 0.1) is 38.8 Å². The number of rotatable bonds is 16. The van der Waals surface area contributed by atoms with Crippen LogP contribution in [0.4, 0.5) is 17.5 Å². The van der Waals surface area contributed by atoms with E-state index in [1.165, 1.54) is 39.0 Å². The second-order valence-electron chi connectivity index (χ2n) is 14.9. The molecule has 0 aliphatic carbocycles. The zero-order valence-corrected chi connectivity index (χ0v) is 38.7. The molecule has 14 atom stereocenters. The number of imidazole rings is 3. The van der Waals surface area contributed by atoms with Crippen molar-refractivity contribution in [2.45, 2.75) is 73.6 Å². The van der Waals surface area contributed by atoms with Crippen LogP contribution in [0.5, 0.6) is 0 Å². The van der Waals surface area contributed by atoms with Crippen molar-refractivity contribution in [2.75, 3.05) is 37.0 Å². The molecular weight excluding hydrogens is 1020 g/mol. The van der Waals surface area contributed by atoms with Crippen molar-refractivity contribution in [1.82, 2.24) is 58.6 Å². The summed E-state index contributed by atoms with van der Waals surface area (Å²) in [6, 6.07) is 0. The van der Waals surface area contributed by atoms with E-state index in [0.717, 1.165) is 12.7 Å². The molecule has 0 amide bonds. The number of hydrogen-bond donors (Lipinski definition) is 11. The molecule has 0 aromatic carbocycles. The van der Waals surface area contributed by atoms with Gasteiger partial charge in [0.25, 0.3) is 0 Å². The van der Waals surface area contributed by atoms with Crippen LogP contribution < -0.4 is 17.2 Å². The van der Waals surface area contributed by atoms with Crippen molar-refractivity contribution >= 4 is 107 Å². The molecule has 67 heavy (non-hydrogen) atoms. The van der Waals surface area contributed by atoms with Gasteiger partial charge in [-0.1, -0.05) is 0 Å². The maximum atomic E-state index is 11.7. The molecule has 31 nitrogen and oxygen atoms in total. The summed E-state index contributed by atoms with van der Waals surface area (Å²) >= 11 is 15.2. The molecule has 14 N–H and O–H groups in total. The predicted molar refractivity (Wildman–Crippen MR) is 234 cm³/mol. The molecule has 0 spiro atoms. The summed E-state index contributed by atoms with van der Waals surface area (Å²) in [6.45, 7) is -15.2. The fourth-order valence-electron chi connectivity index (χ4n) is 7.53. The van der Waals surface area contributed by atoms with Gasteiger partial charge < -0.3 is 85.0 Å². The number of anilines is 3. The molecule has 37 heteroatoms. The molecule has 362 valence electrons. The van der Waals surface area contributed by atoms with Gasteiger partial charge in [-0.2, -0.15) is 0 Å². The zero-order chi connectivity index (χ0) is 47.7. The van der Waals surface area contributed by atoms with Crippen LogP contribution in [-0.4, -0.2) is 173 Å². The lowest BCUT2D eigenvalue weighted by molar-refractivity contribution is -0.0588. The third-order valence-corrected chi connectivity index (χ3v) is 14.6. The summed E-state index contributed by atoms with van der Waals surface area (Å²) in [7, 11) is 0. The van der Waals surface area contributed by atoms with Crippen LogP contribution in [0.2, 0.25) is 0 Å².